The maximum atomic E-state index is 5.93. The normalized spacial score (nSPS) is 24.4. The molecule has 2 atom stereocenters. The van der Waals surface area contributed by atoms with Gasteiger partial charge in [-0.15, -0.1) is 0 Å². The van der Waals surface area contributed by atoms with E-state index in [1.807, 2.05) is 0 Å². The van der Waals surface area contributed by atoms with E-state index in [0.717, 1.165) is 32.7 Å². The Balaban J connectivity index is 1.94. The van der Waals surface area contributed by atoms with Gasteiger partial charge in [0.05, 0.1) is 18.8 Å². The number of hydrogen-bond donors (Lipinski definition) is 1. The zero-order valence-electron chi connectivity index (χ0n) is 11.5. The Morgan fingerprint density at radius 3 is 2.71 bits per heavy atom. The standard InChI is InChI=1S/C14H29NO2/c1-3-5-6-10-16-12-14-8-7-13(17-14)11-15-9-4-2/h13-15H,3-12H2,1-2H3. The van der Waals surface area contributed by atoms with Crippen LogP contribution in [0.3, 0.4) is 0 Å². The van der Waals surface area contributed by atoms with Gasteiger partial charge in [-0.3, -0.25) is 0 Å². The Labute approximate surface area is 106 Å². The molecule has 0 amide bonds. The highest BCUT2D eigenvalue weighted by Crippen LogP contribution is 2.19. The van der Waals surface area contributed by atoms with Crippen LogP contribution in [0, 0.1) is 0 Å². The molecule has 1 saturated heterocycles. The SMILES string of the molecule is CCCCCOCC1CCC(CNCCC)O1. The van der Waals surface area contributed by atoms with E-state index < -0.39 is 0 Å². The molecule has 1 heterocycles. The summed E-state index contributed by atoms with van der Waals surface area (Å²) in [5.41, 5.74) is 0. The van der Waals surface area contributed by atoms with Crippen molar-refractivity contribution in [2.45, 2.75) is 64.6 Å². The van der Waals surface area contributed by atoms with Crippen LogP contribution in [0.25, 0.3) is 0 Å². The van der Waals surface area contributed by atoms with Crippen molar-refractivity contribution in [3.8, 4) is 0 Å². The lowest BCUT2D eigenvalue weighted by molar-refractivity contribution is -0.0148. The summed E-state index contributed by atoms with van der Waals surface area (Å²) in [7, 11) is 0. The van der Waals surface area contributed by atoms with Crippen LogP contribution in [0.4, 0.5) is 0 Å². The molecule has 0 bridgehead atoms. The molecule has 2 unspecified atom stereocenters. The molecule has 1 fully saturated rings. The number of rotatable bonds is 10. The predicted octanol–water partition coefficient (Wildman–Crippen LogP) is 2.74. The molecule has 1 aliphatic heterocycles. The van der Waals surface area contributed by atoms with Gasteiger partial charge in [-0.05, 0) is 32.2 Å². The smallest absolute Gasteiger partial charge is 0.0813 e. The average Bonchev–Trinajstić information content (AvgIpc) is 2.77. The zero-order valence-corrected chi connectivity index (χ0v) is 11.5. The van der Waals surface area contributed by atoms with Crippen LogP contribution in [0.1, 0.15) is 52.4 Å². The minimum atomic E-state index is 0.338. The molecule has 1 aliphatic rings. The summed E-state index contributed by atoms with van der Waals surface area (Å²) >= 11 is 0. The number of nitrogens with one attached hydrogen (secondary N) is 1. The first-order valence-corrected chi connectivity index (χ1v) is 7.30. The Morgan fingerprint density at radius 2 is 1.94 bits per heavy atom. The second-order valence-corrected chi connectivity index (χ2v) is 4.94. The first-order valence-electron chi connectivity index (χ1n) is 7.30. The highest BCUT2D eigenvalue weighted by atomic mass is 16.5. The zero-order chi connectivity index (χ0) is 12.3. The van der Waals surface area contributed by atoms with E-state index in [2.05, 4.69) is 19.2 Å². The monoisotopic (exact) mass is 243 g/mol. The van der Waals surface area contributed by atoms with Crippen LogP contribution in [0.5, 0.6) is 0 Å². The van der Waals surface area contributed by atoms with Crippen LogP contribution in [-0.4, -0.2) is 38.5 Å². The summed E-state index contributed by atoms with van der Waals surface area (Å²) in [6.07, 6.45) is 7.99. The molecule has 0 aliphatic carbocycles. The summed E-state index contributed by atoms with van der Waals surface area (Å²) in [5.74, 6) is 0. The predicted molar refractivity (Wildman–Crippen MR) is 71.4 cm³/mol. The fraction of sp³-hybridized carbons (Fsp3) is 1.00. The Kier molecular flexibility index (Phi) is 8.67. The van der Waals surface area contributed by atoms with Gasteiger partial charge >= 0.3 is 0 Å². The lowest BCUT2D eigenvalue weighted by Crippen LogP contribution is -2.28. The third-order valence-corrected chi connectivity index (χ3v) is 3.19. The van der Waals surface area contributed by atoms with E-state index in [-0.39, 0.29) is 0 Å². The quantitative estimate of drug-likeness (QED) is 0.598. The van der Waals surface area contributed by atoms with Crippen molar-refractivity contribution < 1.29 is 9.47 Å². The summed E-state index contributed by atoms with van der Waals surface area (Å²) in [6, 6.07) is 0. The lowest BCUT2D eigenvalue weighted by atomic mass is 10.2. The second-order valence-electron chi connectivity index (χ2n) is 4.94. The molecule has 0 aromatic rings. The lowest BCUT2D eigenvalue weighted by Gasteiger charge is -2.14. The topological polar surface area (TPSA) is 30.5 Å². The van der Waals surface area contributed by atoms with Crippen LogP contribution in [0.2, 0.25) is 0 Å². The molecule has 0 spiro atoms. The number of ether oxygens (including phenoxy) is 2. The van der Waals surface area contributed by atoms with Gasteiger partial charge in [-0.2, -0.15) is 0 Å². The van der Waals surface area contributed by atoms with Crippen LogP contribution >= 0.6 is 0 Å². The van der Waals surface area contributed by atoms with Gasteiger partial charge in [-0.25, -0.2) is 0 Å². The molecule has 3 heteroatoms. The third-order valence-electron chi connectivity index (χ3n) is 3.19. The molecular formula is C14H29NO2. The van der Waals surface area contributed by atoms with E-state index >= 15 is 0 Å². The summed E-state index contributed by atoms with van der Waals surface area (Å²) < 4.78 is 11.6. The van der Waals surface area contributed by atoms with Crippen LogP contribution in [-0.2, 0) is 9.47 Å². The first-order chi connectivity index (χ1) is 8.36. The summed E-state index contributed by atoms with van der Waals surface area (Å²) in [6.45, 7) is 8.18. The number of hydrogen-bond acceptors (Lipinski definition) is 3. The average molecular weight is 243 g/mol. The fourth-order valence-electron chi connectivity index (χ4n) is 2.16. The molecule has 1 N–H and O–H groups in total. The van der Waals surface area contributed by atoms with E-state index in [4.69, 9.17) is 9.47 Å². The molecule has 0 aromatic carbocycles. The van der Waals surface area contributed by atoms with Crippen molar-refractivity contribution in [1.82, 2.24) is 5.32 Å². The second kappa shape index (κ2) is 9.86. The highest BCUT2D eigenvalue weighted by molar-refractivity contribution is 4.75. The van der Waals surface area contributed by atoms with Crippen molar-refractivity contribution in [1.29, 1.82) is 0 Å². The highest BCUT2D eigenvalue weighted by Gasteiger charge is 2.24. The maximum Gasteiger partial charge on any atom is 0.0813 e. The van der Waals surface area contributed by atoms with Gasteiger partial charge in [0.2, 0.25) is 0 Å². The van der Waals surface area contributed by atoms with Crippen LogP contribution < -0.4 is 5.32 Å². The molecule has 3 nitrogen and oxygen atoms in total. The van der Waals surface area contributed by atoms with Gasteiger partial charge in [-0.1, -0.05) is 26.7 Å². The van der Waals surface area contributed by atoms with Gasteiger partial charge in [0.25, 0.3) is 0 Å². The Morgan fingerprint density at radius 1 is 1.12 bits per heavy atom. The van der Waals surface area contributed by atoms with E-state index in [1.54, 1.807) is 0 Å². The largest absolute Gasteiger partial charge is 0.379 e. The molecule has 102 valence electrons. The molecule has 0 radical (unpaired) electrons. The minimum Gasteiger partial charge on any atom is -0.379 e. The summed E-state index contributed by atoms with van der Waals surface area (Å²) in [4.78, 5) is 0. The van der Waals surface area contributed by atoms with Crippen molar-refractivity contribution in [3.63, 3.8) is 0 Å². The molecule has 0 saturated carbocycles. The van der Waals surface area contributed by atoms with Crippen LogP contribution in [0.15, 0.2) is 0 Å². The van der Waals surface area contributed by atoms with E-state index in [9.17, 15) is 0 Å². The summed E-state index contributed by atoms with van der Waals surface area (Å²) in [5, 5.41) is 3.42. The third kappa shape index (κ3) is 7.02. The molecule has 1 rings (SSSR count). The van der Waals surface area contributed by atoms with Crippen molar-refractivity contribution in [3.05, 3.63) is 0 Å². The van der Waals surface area contributed by atoms with Gasteiger partial charge in [0.1, 0.15) is 0 Å². The number of unbranched alkanes of at least 4 members (excludes halogenated alkanes) is 2. The van der Waals surface area contributed by atoms with Crippen molar-refractivity contribution in [2.24, 2.45) is 0 Å². The Hall–Kier alpha value is -0.120. The molecule has 17 heavy (non-hydrogen) atoms. The first kappa shape index (κ1) is 14.9. The molecule has 0 aromatic heterocycles. The van der Waals surface area contributed by atoms with Gasteiger partial charge in [0, 0.05) is 13.2 Å². The van der Waals surface area contributed by atoms with Crippen molar-refractivity contribution in [2.75, 3.05) is 26.3 Å². The molecular weight excluding hydrogens is 214 g/mol. The van der Waals surface area contributed by atoms with E-state index in [1.165, 1.54) is 32.1 Å². The maximum absolute atomic E-state index is 5.93. The van der Waals surface area contributed by atoms with Gasteiger partial charge < -0.3 is 14.8 Å². The minimum absolute atomic E-state index is 0.338. The van der Waals surface area contributed by atoms with Crippen molar-refractivity contribution >= 4 is 0 Å². The van der Waals surface area contributed by atoms with E-state index in [0.29, 0.717) is 12.2 Å². The van der Waals surface area contributed by atoms with Gasteiger partial charge in [0.15, 0.2) is 0 Å². The fourth-order valence-corrected chi connectivity index (χ4v) is 2.16. The Bertz CT molecular complexity index is 176.